The van der Waals surface area contributed by atoms with Crippen molar-refractivity contribution in [3.63, 3.8) is 0 Å². The third-order valence-electron chi connectivity index (χ3n) is 1.36. The van der Waals surface area contributed by atoms with E-state index in [-0.39, 0.29) is 0 Å². The molecular weight excluding hydrogens is 222 g/mol. The number of primary amides is 1. The van der Waals surface area contributed by atoms with Crippen LogP contribution in [0.3, 0.4) is 0 Å². The maximum absolute atomic E-state index is 10.6. The van der Waals surface area contributed by atoms with Crippen molar-refractivity contribution in [2.75, 3.05) is 5.52 Å². The summed E-state index contributed by atoms with van der Waals surface area (Å²) in [6.07, 6.45) is 0. The van der Waals surface area contributed by atoms with Gasteiger partial charge in [0.25, 0.3) is 0 Å². The first-order valence-electron chi connectivity index (χ1n) is 3.32. The molecule has 0 aliphatic heterocycles. The molecule has 0 radical (unpaired) electrons. The van der Waals surface area contributed by atoms with Crippen LogP contribution in [-0.4, -0.2) is 11.4 Å². The predicted molar refractivity (Wildman–Crippen MR) is 49.4 cm³/mol. The Morgan fingerprint density at radius 3 is 2.42 bits per heavy atom. The van der Waals surface area contributed by atoms with Crippen molar-refractivity contribution in [2.45, 2.75) is 0 Å². The van der Waals surface area contributed by atoms with Crippen LogP contribution in [0.4, 0.5) is 0 Å². The van der Waals surface area contributed by atoms with E-state index in [1.165, 1.54) is 0 Å². The average molecular weight is 230 g/mol. The molecule has 2 N–H and O–H groups in total. The van der Waals surface area contributed by atoms with Gasteiger partial charge >= 0.3 is 0 Å². The van der Waals surface area contributed by atoms with Crippen LogP contribution in [0.15, 0.2) is 24.3 Å². The van der Waals surface area contributed by atoms with E-state index in [0.29, 0.717) is 16.8 Å². The second-order valence-electron chi connectivity index (χ2n) is 2.14. The number of rotatable bonds is 3. The summed E-state index contributed by atoms with van der Waals surface area (Å²) >= 11 is 3.12. The Labute approximate surface area is 78.6 Å². The van der Waals surface area contributed by atoms with E-state index in [4.69, 9.17) is 10.5 Å². The van der Waals surface area contributed by atoms with Gasteiger partial charge in [0.15, 0.2) is 0 Å². The molecule has 1 rings (SSSR count). The molecule has 64 valence electrons. The monoisotopic (exact) mass is 229 g/mol. The number of ether oxygens (including phenoxy) is 1. The van der Waals surface area contributed by atoms with Crippen molar-refractivity contribution in [3.05, 3.63) is 29.8 Å². The van der Waals surface area contributed by atoms with E-state index in [1.54, 1.807) is 24.3 Å². The third-order valence-corrected chi connectivity index (χ3v) is 1.59. The molecule has 0 atom stereocenters. The Kier molecular flexibility index (Phi) is 3.10. The number of alkyl halides is 1. The maximum atomic E-state index is 10.6. The Balaban J connectivity index is 2.78. The molecule has 0 saturated carbocycles. The van der Waals surface area contributed by atoms with E-state index < -0.39 is 5.91 Å². The Hall–Kier alpha value is -1.03. The van der Waals surface area contributed by atoms with Crippen LogP contribution < -0.4 is 10.5 Å². The number of hydrogen-bond donors (Lipinski definition) is 1. The van der Waals surface area contributed by atoms with Crippen LogP contribution in [0.25, 0.3) is 0 Å². The lowest BCUT2D eigenvalue weighted by molar-refractivity contribution is 0.100. The van der Waals surface area contributed by atoms with Crippen molar-refractivity contribution in [2.24, 2.45) is 5.73 Å². The first kappa shape index (κ1) is 9.06. The molecular formula is C8H8BrNO2. The molecule has 0 saturated heterocycles. The second kappa shape index (κ2) is 4.11. The maximum Gasteiger partial charge on any atom is 0.248 e. The third kappa shape index (κ3) is 2.23. The molecule has 0 spiro atoms. The molecule has 0 fully saturated rings. The van der Waals surface area contributed by atoms with Crippen molar-refractivity contribution in [3.8, 4) is 5.75 Å². The van der Waals surface area contributed by atoms with Crippen LogP contribution in [0.2, 0.25) is 0 Å². The summed E-state index contributed by atoms with van der Waals surface area (Å²) in [6, 6.07) is 6.64. The summed E-state index contributed by atoms with van der Waals surface area (Å²) < 4.78 is 5.11. The molecule has 0 unspecified atom stereocenters. The molecule has 0 heterocycles. The highest BCUT2D eigenvalue weighted by Crippen LogP contribution is 2.12. The zero-order valence-corrected chi connectivity index (χ0v) is 7.87. The Morgan fingerprint density at radius 2 is 2.00 bits per heavy atom. The molecule has 1 amide bonds. The van der Waals surface area contributed by atoms with Crippen LogP contribution in [-0.2, 0) is 0 Å². The standard InChI is InChI=1S/C8H8BrNO2/c9-5-12-7-3-1-6(2-4-7)8(10)11/h1-4H,5H2,(H2,10,11). The van der Waals surface area contributed by atoms with E-state index in [0.717, 1.165) is 0 Å². The van der Waals surface area contributed by atoms with Gasteiger partial charge < -0.3 is 10.5 Å². The van der Waals surface area contributed by atoms with Gasteiger partial charge in [-0.05, 0) is 40.2 Å². The number of amides is 1. The first-order chi connectivity index (χ1) is 5.74. The molecule has 3 nitrogen and oxygen atoms in total. The number of carbonyl (C=O) groups excluding carboxylic acids is 1. The highest BCUT2D eigenvalue weighted by Gasteiger charge is 1.98. The van der Waals surface area contributed by atoms with Crippen LogP contribution in [0, 0.1) is 0 Å². The lowest BCUT2D eigenvalue weighted by atomic mass is 10.2. The number of nitrogens with two attached hydrogens (primary N) is 1. The summed E-state index contributed by atoms with van der Waals surface area (Å²) in [5, 5.41) is 0. The van der Waals surface area contributed by atoms with Crippen LogP contribution in [0.1, 0.15) is 10.4 Å². The largest absolute Gasteiger partial charge is 0.482 e. The SMILES string of the molecule is NC(=O)c1ccc(OCBr)cc1. The van der Waals surface area contributed by atoms with Gasteiger partial charge in [-0.25, -0.2) is 0 Å². The number of benzene rings is 1. The van der Waals surface area contributed by atoms with E-state index in [9.17, 15) is 4.79 Å². The Bertz CT molecular complexity index is 271. The quantitative estimate of drug-likeness (QED) is 0.800. The summed E-state index contributed by atoms with van der Waals surface area (Å²) in [4.78, 5) is 10.6. The summed E-state index contributed by atoms with van der Waals surface area (Å²) in [5.41, 5.74) is 5.97. The molecule has 4 heteroatoms. The van der Waals surface area contributed by atoms with Gasteiger partial charge in [-0.1, -0.05) is 0 Å². The van der Waals surface area contributed by atoms with Crippen molar-refractivity contribution in [1.29, 1.82) is 0 Å². The topological polar surface area (TPSA) is 52.3 Å². The molecule has 1 aromatic carbocycles. The number of hydrogen-bond acceptors (Lipinski definition) is 2. The van der Waals surface area contributed by atoms with Gasteiger partial charge in [0.1, 0.15) is 11.3 Å². The van der Waals surface area contributed by atoms with E-state index >= 15 is 0 Å². The second-order valence-corrected chi connectivity index (χ2v) is 2.60. The molecule has 0 aromatic heterocycles. The minimum absolute atomic E-state index is 0.430. The van der Waals surface area contributed by atoms with Gasteiger partial charge in [-0.3, -0.25) is 4.79 Å². The first-order valence-corrected chi connectivity index (χ1v) is 4.45. The molecule has 0 aliphatic carbocycles. The summed E-state index contributed by atoms with van der Waals surface area (Å²) in [7, 11) is 0. The van der Waals surface area contributed by atoms with Gasteiger partial charge in [0.2, 0.25) is 5.91 Å². The zero-order valence-electron chi connectivity index (χ0n) is 6.29. The van der Waals surface area contributed by atoms with E-state index in [1.807, 2.05) is 0 Å². The fourth-order valence-electron chi connectivity index (χ4n) is 0.778. The lowest BCUT2D eigenvalue weighted by Crippen LogP contribution is -2.10. The zero-order chi connectivity index (χ0) is 8.97. The highest BCUT2D eigenvalue weighted by molar-refractivity contribution is 9.09. The lowest BCUT2D eigenvalue weighted by Gasteiger charge is -2.01. The fourth-order valence-corrected chi connectivity index (χ4v) is 1.04. The summed E-state index contributed by atoms with van der Waals surface area (Å²) in [6.45, 7) is 0. The van der Waals surface area contributed by atoms with Crippen LogP contribution >= 0.6 is 15.9 Å². The molecule has 1 aromatic rings. The molecule has 12 heavy (non-hydrogen) atoms. The minimum Gasteiger partial charge on any atom is -0.482 e. The smallest absolute Gasteiger partial charge is 0.248 e. The van der Waals surface area contributed by atoms with Crippen LogP contribution in [0.5, 0.6) is 5.75 Å². The van der Waals surface area contributed by atoms with Gasteiger partial charge in [0.05, 0.1) is 0 Å². The van der Waals surface area contributed by atoms with Crippen molar-refractivity contribution in [1.82, 2.24) is 0 Å². The Morgan fingerprint density at radius 1 is 1.42 bits per heavy atom. The number of halogens is 1. The molecule has 0 aliphatic rings. The normalized spacial score (nSPS) is 9.42. The highest BCUT2D eigenvalue weighted by atomic mass is 79.9. The van der Waals surface area contributed by atoms with Crippen molar-refractivity contribution < 1.29 is 9.53 Å². The van der Waals surface area contributed by atoms with Crippen molar-refractivity contribution >= 4 is 21.8 Å². The van der Waals surface area contributed by atoms with E-state index in [2.05, 4.69) is 15.9 Å². The molecule has 0 bridgehead atoms. The summed E-state index contributed by atoms with van der Waals surface area (Å²) in [5.74, 6) is 0.275. The van der Waals surface area contributed by atoms with Gasteiger partial charge in [-0.15, -0.1) is 0 Å². The number of carbonyl (C=O) groups is 1. The minimum atomic E-state index is -0.430. The average Bonchev–Trinajstić information content (AvgIpc) is 2.06. The fraction of sp³-hybridized carbons (Fsp3) is 0.125. The van der Waals surface area contributed by atoms with Gasteiger partial charge in [0, 0.05) is 5.56 Å². The van der Waals surface area contributed by atoms with Gasteiger partial charge in [-0.2, -0.15) is 0 Å². The predicted octanol–water partition coefficient (Wildman–Crippen LogP) is 1.52.